The molecule has 0 radical (unpaired) electrons. The highest BCUT2D eigenvalue weighted by Gasteiger charge is 2.21. The van der Waals surface area contributed by atoms with Crippen molar-refractivity contribution >= 4 is 16.0 Å². The molecule has 0 N–H and O–H groups in total. The van der Waals surface area contributed by atoms with Gasteiger partial charge < -0.3 is 23.7 Å². The van der Waals surface area contributed by atoms with E-state index in [1.165, 1.54) is 65.8 Å². The Kier molecular flexibility index (Phi) is 7.90. The minimum Gasteiger partial charge on any atom is -0.493 e. The Bertz CT molecular complexity index is 971. The number of methoxy groups -OCH3 is 3. The Morgan fingerprint density at radius 3 is 2.03 bits per heavy atom. The number of benzene rings is 2. The summed E-state index contributed by atoms with van der Waals surface area (Å²) in [6, 6.07) is 9.08. The number of rotatable bonds is 10. The molecule has 164 valence electrons. The lowest BCUT2D eigenvalue weighted by molar-refractivity contribution is 0.0446. The highest BCUT2D eigenvalue weighted by Crippen LogP contribution is 2.39. The molecule has 10 heteroatoms. The molecular formula is C20H25NO8S. The molecule has 0 bridgehead atoms. The van der Waals surface area contributed by atoms with Crippen molar-refractivity contribution in [2.45, 2.75) is 4.90 Å². The van der Waals surface area contributed by atoms with Crippen LogP contribution in [0, 0.1) is 0 Å². The van der Waals surface area contributed by atoms with E-state index in [-0.39, 0.29) is 29.4 Å². The Morgan fingerprint density at radius 1 is 0.867 bits per heavy atom. The third kappa shape index (κ3) is 5.14. The van der Waals surface area contributed by atoms with Crippen molar-refractivity contribution in [3.63, 3.8) is 0 Å². The molecule has 0 aliphatic carbocycles. The molecule has 0 heterocycles. The maximum Gasteiger partial charge on any atom is 0.342 e. The summed E-state index contributed by atoms with van der Waals surface area (Å²) in [4.78, 5) is 12.6. The highest BCUT2D eigenvalue weighted by molar-refractivity contribution is 7.89. The van der Waals surface area contributed by atoms with Gasteiger partial charge in [0.2, 0.25) is 15.8 Å². The maximum absolute atomic E-state index is 12.4. The second kappa shape index (κ2) is 10.2. The standard InChI is InChI=1S/C20H25NO8S/c1-21(2)30(23,24)15-8-6-14(7-9-15)28-12-13-29-20(22)16-10-11-17(25-3)19(27-5)18(16)26-4/h6-11H,12-13H2,1-5H3. The van der Waals surface area contributed by atoms with E-state index in [1.807, 2.05) is 0 Å². The first-order valence-corrected chi connectivity index (χ1v) is 10.3. The Hall–Kier alpha value is -2.98. The van der Waals surface area contributed by atoms with Gasteiger partial charge in [0.25, 0.3) is 0 Å². The predicted octanol–water partition coefficient (Wildman–Crippen LogP) is 2.20. The normalized spacial score (nSPS) is 11.1. The van der Waals surface area contributed by atoms with E-state index in [1.54, 1.807) is 6.07 Å². The Balaban J connectivity index is 1.96. The Labute approximate surface area is 176 Å². The summed E-state index contributed by atoms with van der Waals surface area (Å²) in [6.45, 7) is 0.0647. The molecule has 2 aromatic carbocycles. The van der Waals surface area contributed by atoms with E-state index in [4.69, 9.17) is 23.7 Å². The zero-order chi connectivity index (χ0) is 22.3. The molecule has 9 nitrogen and oxygen atoms in total. The molecule has 0 aromatic heterocycles. The van der Waals surface area contributed by atoms with Crippen LogP contribution in [0.2, 0.25) is 0 Å². The lowest BCUT2D eigenvalue weighted by Crippen LogP contribution is -2.22. The summed E-state index contributed by atoms with van der Waals surface area (Å²) in [5, 5.41) is 0. The average molecular weight is 439 g/mol. The van der Waals surface area contributed by atoms with Crippen LogP contribution in [0.3, 0.4) is 0 Å². The first-order chi connectivity index (χ1) is 14.3. The maximum atomic E-state index is 12.4. The van der Waals surface area contributed by atoms with Crippen molar-refractivity contribution in [1.82, 2.24) is 4.31 Å². The summed E-state index contributed by atoms with van der Waals surface area (Å²) < 4.78 is 51.7. The van der Waals surface area contributed by atoms with Gasteiger partial charge in [-0.05, 0) is 36.4 Å². The van der Waals surface area contributed by atoms with Crippen LogP contribution in [-0.2, 0) is 14.8 Å². The van der Waals surface area contributed by atoms with Gasteiger partial charge in [-0.3, -0.25) is 0 Å². The molecule has 0 aliphatic heterocycles. The third-order valence-corrected chi connectivity index (χ3v) is 5.94. The van der Waals surface area contributed by atoms with Crippen molar-refractivity contribution in [3.8, 4) is 23.0 Å². The molecule has 0 unspecified atom stereocenters. The smallest absolute Gasteiger partial charge is 0.342 e. The van der Waals surface area contributed by atoms with Crippen molar-refractivity contribution in [1.29, 1.82) is 0 Å². The number of carbonyl (C=O) groups excluding carboxylic acids is 1. The fourth-order valence-corrected chi connectivity index (χ4v) is 3.45. The molecule has 0 amide bonds. The van der Waals surface area contributed by atoms with Crippen LogP contribution in [0.5, 0.6) is 23.0 Å². The zero-order valence-electron chi connectivity index (χ0n) is 17.5. The van der Waals surface area contributed by atoms with Gasteiger partial charge in [-0.25, -0.2) is 17.5 Å². The number of esters is 1. The van der Waals surface area contributed by atoms with E-state index in [0.29, 0.717) is 17.2 Å². The molecule has 0 atom stereocenters. The van der Waals surface area contributed by atoms with E-state index in [0.717, 1.165) is 4.31 Å². The van der Waals surface area contributed by atoms with Crippen LogP contribution in [0.25, 0.3) is 0 Å². The number of hydrogen-bond acceptors (Lipinski definition) is 8. The minimum absolute atomic E-state index is 0.0198. The SMILES string of the molecule is COc1ccc(C(=O)OCCOc2ccc(S(=O)(=O)N(C)C)cc2)c(OC)c1OC. The largest absolute Gasteiger partial charge is 0.493 e. The minimum atomic E-state index is -3.50. The second-order valence-corrected chi connectivity index (χ2v) is 8.28. The molecular weight excluding hydrogens is 414 g/mol. The van der Waals surface area contributed by atoms with Crippen molar-refractivity contribution in [2.75, 3.05) is 48.6 Å². The summed E-state index contributed by atoms with van der Waals surface area (Å²) in [7, 11) is 3.76. The van der Waals surface area contributed by atoms with Gasteiger partial charge >= 0.3 is 5.97 Å². The van der Waals surface area contributed by atoms with Gasteiger partial charge in [-0.2, -0.15) is 0 Å². The number of carbonyl (C=O) groups is 1. The fraction of sp³-hybridized carbons (Fsp3) is 0.350. The fourth-order valence-electron chi connectivity index (χ4n) is 2.55. The first-order valence-electron chi connectivity index (χ1n) is 8.87. The lowest BCUT2D eigenvalue weighted by atomic mass is 10.1. The summed E-state index contributed by atoms with van der Waals surface area (Å²) in [5.74, 6) is 0.768. The van der Waals surface area contributed by atoms with Gasteiger partial charge in [-0.1, -0.05) is 0 Å². The average Bonchev–Trinajstić information content (AvgIpc) is 2.75. The van der Waals surface area contributed by atoms with Crippen molar-refractivity contribution < 1.29 is 36.9 Å². The van der Waals surface area contributed by atoms with Crippen molar-refractivity contribution in [3.05, 3.63) is 42.0 Å². The molecule has 0 aliphatic rings. The predicted molar refractivity (Wildman–Crippen MR) is 109 cm³/mol. The molecule has 2 aromatic rings. The molecule has 0 saturated carbocycles. The van der Waals surface area contributed by atoms with Crippen LogP contribution < -0.4 is 18.9 Å². The van der Waals surface area contributed by atoms with Crippen LogP contribution in [0.15, 0.2) is 41.3 Å². The quantitative estimate of drug-likeness (QED) is 0.410. The van der Waals surface area contributed by atoms with E-state index >= 15 is 0 Å². The summed E-state index contributed by atoms with van der Waals surface area (Å²) in [6.07, 6.45) is 0. The highest BCUT2D eigenvalue weighted by atomic mass is 32.2. The molecule has 30 heavy (non-hydrogen) atoms. The van der Waals surface area contributed by atoms with Crippen LogP contribution in [0.1, 0.15) is 10.4 Å². The van der Waals surface area contributed by atoms with Gasteiger partial charge in [0.15, 0.2) is 11.5 Å². The van der Waals surface area contributed by atoms with Gasteiger partial charge in [-0.15, -0.1) is 0 Å². The van der Waals surface area contributed by atoms with Gasteiger partial charge in [0.05, 0.1) is 26.2 Å². The third-order valence-electron chi connectivity index (χ3n) is 4.11. The molecule has 0 saturated heterocycles. The topological polar surface area (TPSA) is 101 Å². The zero-order valence-corrected chi connectivity index (χ0v) is 18.3. The number of ether oxygens (including phenoxy) is 5. The first kappa shape index (κ1) is 23.3. The molecule has 2 rings (SSSR count). The van der Waals surface area contributed by atoms with E-state index < -0.39 is 16.0 Å². The van der Waals surface area contributed by atoms with Crippen LogP contribution in [-0.4, -0.2) is 67.3 Å². The molecule has 0 fully saturated rings. The van der Waals surface area contributed by atoms with E-state index in [2.05, 4.69) is 0 Å². The molecule has 0 spiro atoms. The number of hydrogen-bond donors (Lipinski definition) is 0. The number of sulfonamides is 1. The summed E-state index contributed by atoms with van der Waals surface area (Å²) in [5.41, 5.74) is 0.188. The van der Waals surface area contributed by atoms with E-state index in [9.17, 15) is 13.2 Å². The van der Waals surface area contributed by atoms with Gasteiger partial charge in [0, 0.05) is 14.1 Å². The monoisotopic (exact) mass is 439 g/mol. The Morgan fingerprint density at radius 2 is 1.50 bits per heavy atom. The van der Waals surface area contributed by atoms with Crippen LogP contribution in [0.4, 0.5) is 0 Å². The second-order valence-electron chi connectivity index (χ2n) is 6.13. The lowest BCUT2D eigenvalue weighted by Gasteiger charge is -2.15. The summed E-state index contributed by atoms with van der Waals surface area (Å²) >= 11 is 0. The van der Waals surface area contributed by atoms with Crippen molar-refractivity contribution in [2.24, 2.45) is 0 Å². The van der Waals surface area contributed by atoms with Gasteiger partial charge in [0.1, 0.15) is 24.5 Å². The van der Waals surface area contributed by atoms with Crippen LogP contribution >= 0.6 is 0 Å². The number of nitrogens with zero attached hydrogens (tertiary/aromatic N) is 1.